The third-order valence-electron chi connectivity index (χ3n) is 2.86. The molecule has 0 aliphatic carbocycles. The van der Waals surface area contributed by atoms with E-state index in [1.165, 1.54) is 23.6 Å². The highest BCUT2D eigenvalue weighted by Crippen LogP contribution is 2.23. The Morgan fingerprint density at radius 3 is 2.76 bits per heavy atom. The molecule has 0 saturated carbocycles. The number of pyridine rings is 1. The van der Waals surface area contributed by atoms with E-state index >= 15 is 0 Å². The van der Waals surface area contributed by atoms with Crippen LogP contribution in [0.5, 0.6) is 0 Å². The summed E-state index contributed by atoms with van der Waals surface area (Å²) in [4.78, 5) is 5.08. The summed E-state index contributed by atoms with van der Waals surface area (Å²) in [5.41, 5.74) is 1.07. The quantitative estimate of drug-likeness (QED) is 0.844. The number of hydrogen-bond acceptors (Lipinski definition) is 5. The summed E-state index contributed by atoms with van der Waals surface area (Å²) < 4.78 is 27.0. The largest absolute Gasteiger partial charge is 0.369 e. The number of hydrogen-bond donors (Lipinski definition) is 2. The molecule has 8 heteroatoms. The normalized spacial score (nSPS) is 11.6. The number of sulfonamides is 1. The first-order chi connectivity index (χ1) is 9.94. The molecule has 0 amide bonds. The molecule has 0 unspecified atom stereocenters. The van der Waals surface area contributed by atoms with Crippen LogP contribution in [0.1, 0.15) is 17.4 Å². The average molecular weight is 346 g/mol. The van der Waals surface area contributed by atoms with Gasteiger partial charge in [-0.05, 0) is 36.9 Å². The standard InChI is InChI=1S/C13H16ClN3O2S2/c1-3-15-13-11(14)6-10(7-16-13)21(18,19)17-8-12-9(2)4-5-20-12/h4-7,17H,3,8H2,1-2H3,(H,15,16). The van der Waals surface area contributed by atoms with E-state index in [9.17, 15) is 8.42 Å². The van der Waals surface area contributed by atoms with Crippen LogP contribution in [0, 0.1) is 6.92 Å². The van der Waals surface area contributed by atoms with Crippen molar-refractivity contribution < 1.29 is 8.42 Å². The van der Waals surface area contributed by atoms with Crippen molar-refractivity contribution in [1.82, 2.24) is 9.71 Å². The van der Waals surface area contributed by atoms with Crippen LogP contribution in [0.4, 0.5) is 5.82 Å². The van der Waals surface area contributed by atoms with Crippen molar-refractivity contribution in [2.24, 2.45) is 0 Å². The minimum atomic E-state index is -3.63. The Morgan fingerprint density at radius 2 is 2.19 bits per heavy atom. The summed E-state index contributed by atoms with van der Waals surface area (Å²) in [6, 6.07) is 3.36. The van der Waals surface area contributed by atoms with Gasteiger partial charge < -0.3 is 5.32 Å². The molecule has 2 aromatic rings. The highest BCUT2D eigenvalue weighted by Gasteiger charge is 2.17. The molecule has 2 N–H and O–H groups in total. The molecule has 0 spiro atoms. The summed E-state index contributed by atoms with van der Waals surface area (Å²) in [7, 11) is -3.63. The summed E-state index contributed by atoms with van der Waals surface area (Å²) in [6.07, 6.45) is 1.30. The lowest BCUT2D eigenvalue weighted by molar-refractivity contribution is 0.581. The summed E-state index contributed by atoms with van der Waals surface area (Å²) in [5.74, 6) is 0.479. The van der Waals surface area contributed by atoms with Crippen molar-refractivity contribution >= 4 is 38.8 Å². The molecule has 21 heavy (non-hydrogen) atoms. The lowest BCUT2D eigenvalue weighted by Gasteiger charge is -2.09. The highest BCUT2D eigenvalue weighted by molar-refractivity contribution is 7.89. The van der Waals surface area contributed by atoms with Crippen LogP contribution in [0.25, 0.3) is 0 Å². The SMILES string of the molecule is CCNc1ncc(S(=O)(=O)NCc2sccc2C)cc1Cl. The second kappa shape index (κ2) is 6.74. The number of nitrogens with one attached hydrogen (secondary N) is 2. The van der Waals surface area contributed by atoms with Crippen LogP contribution in [0.2, 0.25) is 5.02 Å². The van der Waals surface area contributed by atoms with Gasteiger partial charge in [0.2, 0.25) is 10.0 Å². The van der Waals surface area contributed by atoms with Gasteiger partial charge >= 0.3 is 0 Å². The van der Waals surface area contributed by atoms with Crippen LogP contribution in [-0.4, -0.2) is 19.9 Å². The van der Waals surface area contributed by atoms with Crippen molar-refractivity contribution in [2.45, 2.75) is 25.3 Å². The second-order valence-corrected chi connectivity index (χ2v) is 7.56. The van der Waals surface area contributed by atoms with E-state index in [-0.39, 0.29) is 16.5 Å². The zero-order chi connectivity index (χ0) is 15.5. The van der Waals surface area contributed by atoms with Gasteiger partial charge in [-0.2, -0.15) is 0 Å². The van der Waals surface area contributed by atoms with E-state index in [1.807, 2.05) is 25.3 Å². The van der Waals surface area contributed by atoms with Crippen molar-refractivity contribution in [3.8, 4) is 0 Å². The fraction of sp³-hybridized carbons (Fsp3) is 0.308. The van der Waals surface area contributed by atoms with Gasteiger partial charge in [-0.3, -0.25) is 0 Å². The van der Waals surface area contributed by atoms with Gasteiger partial charge in [0.15, 0.2) is 0 Å². The number of nitrogens with zero attached hydrogens (tertiary/aromatic N) is 1. The third-order valence-corrected chi connectivity index (χ3v) is 5.54. The molecule has 5 nitrogen and oxygen atoms in total. The lowest BCUT2D eigenvalue weighted by Crippen LogP contribution is -2.23. The Morgan fingerprint density at radius 1 is 1.43 bits per heavy atom. The zero-order valence-corrected chi connectivity index (χ0v) is 14.1. The van der Waals surface area contributed by atoms with Crippen LogP contribution >= 0.6 is 22.9 Å². The topological polar surface area (TPSA) is 71.1 Å². The van der Waals surface area contributed by atoms with Gasteiger partial charge in [-0.25, -0.2) is 18.1 Å². The first-order valence-corrected chi connectivity index (χ1v) is 9.10. The average Bonchev–Trinajstić information content (AvgIpc) is 2.84. The van der Waals surface area contributed by atoms with Gasteiger partial charge in [0.25, 0.3) is 0 Å². The fourth-order valence-electron chi connectivity index (χ4n) is 1.69. The van der Waals surface area contributed by atoms with Gasteiger partial charge in [0.05, 0.1) is 5.02 Å². The molecule has 0 bridgehead atoms. The molecule has 0 aromatic carbocycles. The van der Waals surface area contributed by atoms with E-state index in [2.05, 4.69) is 15.0 Å². The van der Waals surface area contributed by atoms with Crippen molar-refractivity contribution in [1.29, 1.82) is 0 Å². The van der Waals surface area contributed by atoms with E-state index in [0.29, 0.717) is 12.4 Å². The van der Waals surface area contributed by atoms with Gasteiger partial charge in [-0.15, -0.1) is 11.3 Å². The monoisotopic (exact) mass is 345 g/mol. The van der Waals surface area contributed by atoms with Crippen molar-refractivity contribution in [2.75, 3.05) is 11.9 Å². The highest BCUT2D eigenvalue weighted by atomic mass is 35.5. The maximum atomic E-state index is 12.2. The molecule has 0 aliphatic heterocycles. The molecule has 114 valence electrons. The van der Waals surface area contributed by atoms with E-state index < -0.39 is 10.0 Å². The Balaban J connectivity index is 2.16. The molecule has 0 saturated heterocycles. The lowest BCUT2D eigenvalue weighted by atomic mass is 10.3. The molecular weight excluding hydrogens is 330 g/mol. The van der Waals surface area contributed by atoms with Crippen LogP contribution in [0.3, 0.4) is 0 Å². The predicted molar refractivity (Wildman–Crippen MR) is 86.5 cm³/mol. The molecule has 0 aliphatic rings. The maximum absolute atomic E-state index is 12.2. The fourth-order valence-corrected chi connectivity index (χ4v) is 3.89. The number of aromatic nitrogens is 1. The predicted octanol–water partition coefficient (Wildman–Crippen LogP) is 3.02. The molecule has 2 rings (SSSR count). The molecule has 0 radical (unpaired) electrons. The molecular formula is C13H16ClN3O2S2. The number of thiophene rings is 1. The van der Waals surface area contributed by atoms with E-state index in [1.54, 1.807) is 0 Å². The van der Waals surface area contributed by atoms with Crippen molar-refractivity contribution in [3.63, 3.8) is 0 Å². The Labute approximate surface area is 133 Å². The molecule has 0 fully saturated rings. The van der Waals surface area contributed by atoms with E-state index in [4.69, 9.17) is 11.6 Å². The van der Waals surface area contributed by atoms with Crippen LogP contribution in [0.15, 0.2) is 28.6 Å². The van der Waals surface area contributed by atoms with Gasteiger partial charge in [0, 0.05) is 24.2 Å². The number of rotatable bonds is 6. The number of halogens is 1. The number of aryl methyl sites for hydroxylation is 1. The molecule has 2 aromatic heterocycles. The van der Waals surface area contributed by atoms with Crippen molar-refractivity contribution in [3.05, 3.63) is 39.2 Å². The Kier molecular flexibility index (Phi) is 5.21. The molecule has 2 heterocycles. The molecule has 0 atom stereocenters. The van der Waals surface area contributed by atoms with Crippen LogP contribution in [-0.2, 0) is 16.6 Å². The van der Waals surface area contributed by atoms with E-state index in [0.717, 1.165) is 10.4 Å². The second-order valence-electron chi connectivity index (χ2n) is 4.38. The first-order valence-electron chi connectivity index (χ1n) is 6.36. The van der Waals surface area contributed by atoms with Crippen LogP contribution < -0.4 is 10.0 Å². The Hall–Kier alpha value is -1.15. The maximum Gasteiger partial charge on any atom is 0.242 e. The minimum absolute atomic E-state index is 0.0587. The summed E-state index contributed by atoms with van der Waals surface area (Å²) >= 11 is 7.54. The smallest absolute Gasteiger partial charge is 0.242 e. The summed E-state index contributed by atoms with van der Waals surface area (Å²) in [6.45, 7) is 4.78. The first kappa shape index (κ1) is 16.2. The summed E-state index contributed by atoms with van der Waals surface area (Å²) in [5, 5.41) is 5.18. The zero-order valence-electron chi connectivity index (χ0n) is 11.7. The number of anilines is 1. The van der Waals surface area contributed by atoms with Gasteiger partial charge in [0.1, 0.15) is 10.7 Å². The minimum Gasteiger partial charge on any atom is -0.369 e. The Bertz CT molecular complexity index is 729. The van der Waals surface area contributed by atoms with Gasteiger partial charge in [-0.1, -0.05) is 11.6 Å². The third kappa shape index (κ3) is 3.94.